The first-order valence-corrected chi connectivity index (χ1v) is 9.97. The molecule has 3 aromatic rings. The normalized spacial score (nSPS) is 13.8. The number of ether oxygens (including phenoxy) is 1. The zero-order valence-electron chi connectivity index (χ0n) is 16.3. The maximum Gasteiger partial charge on any atom is 0.240 e. The summed E-state index contributed by atoms with van der Waals surface area (Å²) >= 11 is 6.52. The highest BCUT2D eigenvalue weighted by Crippen LogP contribution is 2.29. The Kier molecular flexibility index (Phi) is 5.56. The molecule has 4 rings (SSSR count). The Morgan fingerprint density at radius 2 is 1.72 bits per heavy atom. The number of amides is 1. The zero-order chi connectivity index (χ0) is 20.4. The van der Waals surface area contributed by atoms with E-state index in [2.05, 4.69) is 12.1 Å². The van der Waals surface area contributed by atoms with Crippen LogP contribution in [0.2, 0.25) is 5.02 Å². The quantitative estimate of drug-likeness (QED) is 0.682. The van der Waals surface area contributed by atoms with Gasteiger partial charge in [0.1, 0.15) is 5.75 Å². The highest BCUT2D eigenvalue weighted by atomic mass is 35.5. The smallest absolute Gasteiger partial charge is 0.240 e. The van der Waals surface area contributed by atoms with Crippen molar-refractivity contribution in [2.45, 2.75) is 25.6 Å². The van der Waals surface area contributed by atoms with Gasteiger partial charge in [-0.15, -0.1) is 0 Å². The monoisotopic (exact) mass is 406 g/mol. The molecule has 0 spiro atoms. The van der Waals surface area contributed by atoms with Crippen molar-refractivity contribution in [2.75, 3.05) is 7.11 Å². The molecule has 4 nitrogen and oxygen atoms in total. The SMILES string of the molecule is COc1cccc(-c2ccc(CC(N)C(=O)N3Cc4ccccc4C3)c(Cl)c2)c1. The van der Waals surface area contributed by atoms with E-state index in [0.717, 1.165) is 22.4 Å². The van der Waals surface area contributed by atoms with Gasteiger partial charge in [-0.2, -0.15) is 0 Å². The summed E-state index contributed by atoms with van der Waals surface area (Å²) in [6, 6.07) is 21.2. The van der Waals surface area contributed by atoms with Crippen molar-refractivity contribution in [2.24, 2.45) is 5.73 Å². The van der Waals surface area contributed by atoms with Gasteiger partial charge >= 0.3 is 0 Å². The topological polar surface area (TPSA) is 55.6 Å². The van der Waals surface area contributed by atoms with Gasteiger partial charge in [-0.3, -0.25) is 4.79 Å². The predicted octanol–water partition coefficient (Wildman–Crippen LogP) is 4.43. The first-order chi connectivity index (χ1) is 14.0. The van der Waals surface area contributed by atoms with Crippen molar-refractivity contribution >= 4 is 17.5 Å². The van der Waals surface area contributed by atoms with Gasteiger partial charge in [0.2, 0.25) is 5.91 Å². The molecular weight excluding hydrogens is 384 g/mol. The number of rotatable bonds is 5. The Balaban J connectivity index is 1.46. The summed E-state index contributed by atoms with van der Waals surface area (Å²) in [5, 5.41) is 0.610. The number of hydrogen-bond acceptors (Lipinski definition) is 3. The summed E-state index contributed by atoms with van der Waals surface area (Å²) in [5.74, 6) is 0.746. The van der Waals surface area contributed by atoms with E-state index >= 15 is 0 Å². The summed E-state index contributed by atoms with van der Waals surface area (Å²) in [4.78, 5) is 14.6. The molecule has 2 N–H and O–H groups in total. The molecule has 0 radical (unpaired) electrons. The molecule has 1 atom stereocenters. The molecule has 0 aliphatic carbocycles. The summed E-state index contributed by atoms with van der Waals surface area (Å²) in [7, 11) is 1.65. The number of nitrogens with two attached hydrogens (primary N) is 1. The number of carbonyl (C=O) groups is 1. The van der Waals surface area contributed by atoms with E-state index in [0.29, 0.717) is 24.5 Å². The molecule has 0 saturated carbocycles. The van der Waals surface area contributed by atoms with Crippen molar-refractivity contribution in [1.82, 2.24) is 4.90 Å². The van der Waals surface area contributed by atoms with Gasteiger partial charge in [-0.1, -0.05) is 60.1 Å². The third-order valence-electron chi connectivity index (χ3n) is 5.37. The van der Waals surface area contributed by atoms with E-state index in [9.17, 15) is 4.79 Å². The van der Waals surface area contributed by atoms with Gasteiger partial charge < -0.3 is 15.4 Å². The average Bonchev–Trinajstić information content (AvgIpc) is 3.18. The lowest BCUT2D eigenvalue weighted by Gasteiger charge is -2.21. The molecule has 5 heteroatoms. The fourth-order valence-electron chi connectivity index (χ4n) is 3.74. The predicted molar refractivity (Wildman–Crippen MR) is 116 cm³/mol. The molecule has 0 fully saturated rings. The summed E-state index contributed by atoms with van der Waals surface area (Å²) < 4.78 is 5.29. The van der Waals surface area contributed by atoms with Crippen LogP contribution in [0.1, 0.15) is 16.7 Å². The summed E-state index contributed by atoms with van der Waals surface area (Å²) in [6.45, 7) is 1.23. The Bertz CT molecular complexity index is 1030. The second kappa shape index (κ2) is 8.27. The Morgan fingerprint density at radius 3 is 2.38 bits per heavy atom. The number of hydrogen-bond donors (Lipinski definition) is 1. The zero-order valence-corrected chi connectivity index (χ0v) is 17.0. The molecule has 3 aromatic carbocycles. The van der Waals surface area contributed by atoms with E-state index in [1.165, 1.54) is 11.1 Å². The van der Waals surface area contributed by atoms with Crippen LogP contribution in [-0.4, -0.2) is 24.0 Å². The van der Waals surface area contributed by atoms with Crippen molar-refractivity contribution in [3.8, 4) is 16.9 Å². The van der Waals surface area contributed by atoms with Gasteiger partial charge in [0.15, 0.2) is 0 Å². The Labute approximate surface area is 175 Å². The van der Waals surface area contributed by atoms with Crippen molar-refractivity contribution in [3.05, 3.63) is 88.4 Å². The third-order valence-corrected chi connectivity index (χ3v) is 5.72. The number of halogens is 1. The van der Waals surface area contributed by atoms with Gasteiger partial charge in [0.25, 0.3) is 0 Å². The minimum Gasteiger partial charge on any atom is -0.497 e. The first kappa shape index (κ1) is 19.5. The number of benzene rings is 3. The molecule has 29 heavy (non-hydrogen) atoms. The second-order valence-corrected chi connectivity index (χ2v) is 7.72. The van der Waals surface area contributed by atoms with Crippen LogP contribution in [0, 0.1) is 0 Å². The van der Waals surface area contributed by atoms with Gasteiger partial charge in [0.05, 0.1) is 13.2 Å². The fraction of sp³-hybridized carbons (Fsp3) is 0.208. The number of nitrogens with zero attached hydrogens (tertiary/aromatic N) is 1. The number of carbonyl (C=O) groups excluding carboxylic acids is 1. The lowest BCUT2D eigenvalue weighted by molar-refractivity contribution is -0.133. The Hall–Kier alpha value is -2.82. The summed E-state index contributed by atoms with van der Waals surface area (Å²) in [6.07, 6.45) is 0.406. The minimum absolute atomic E-state index is 0.0471. The van der Waals surface area contributed by atoms with Crippen molar-refractivity contribution in [1.29, 1.82) is 0 Å². The van der Waals surface area contributed by atoms with Gasteiger partial charge in [-0.05, 0) is 52.4 Å². The van der Waals surface area contributed by atoms with E-state index in [4.69, 9.17) is 22.1 Å². The number of methoxy groups -OCH3 is 1. The summed E-state index contributed by atoms with van der Waals surface area (Å²) in [5.41, 5.74) is 11.5. The molecule has 1 amide bonds. The number of fused-ring (bicyclic) bond motifs is 1. The molecule has 1 unspecified atom stereocenters. The maximum absolute atomic E-state index is 12.8. The molecular formula is C24H23ClN2O2. The van der Waals surface area contributed by atoms with Crippen LogP contribution in [0.25, 0.3) is 11.1 Å². The van der Waals surface area contributed by atoms with Crippen LogP contribution in [0.15, 0.2) is 66.7 Å². The molecule has 1 aliphatic heterocycles. The average molecular weight is 407 g/mol. The van der Waals surface area contributed by atoms with Crippen molar-refractivity contribution < 1.29 is 9.53 Å². The highest BCUT2D eigenvalue weighted by Gasteiger charge is 2.27. The van der Waals surface area contributed by atoms with Crippen molar-refractivity contribution in [3.63, 3.8) is 0 Å². The molecule has 0 saturated heterocycles. The van der Waals surface area contributed by atoms with Crippen LogP contribution in [0.3, 0.4) is 0 Å². The van der Waals surface area contributed by atoms with E-state index in [1.54, 1.807) is 7.11 Å². The highest BCUT2D eigenvalue weighted by molar-refractivity contribution is 6.31. The van der Waals surface area contributed by atoms with Crippen LogP contribution < -0.4 is 10.5 Å². The standard InChI is InChI=1S/C24H23ClN2O2/c1-29-21-8-4-7-16(11-21)17-9-10-18(22(25)12-17)13-23(26)24(28)27-14-19-5-2-3-6-20(19)15-27/h2-12,23H,13-15,26H2,1H3. The van der Waals surface area contributed by atoms with Crippen LogP contribution >= 0.6 is 11.6 Å². The van der Waals surface area contributed by atoms with E-state index < -0.39 is 6.04 Å². The first-order valence-electron chi connectivity index (χ1n) is 9.59. The Morgan fingerprint density at radius 1 is 1.03 bits per heavy atom. The lowest BCUT2D eigenvalue weighted by atomic mass is 10.00. The van der Waals surface area contributed by atoms with Gasteiger partial charge in [-0.25, -0.2) is 0 Å². The molecule has 0 bridgehead atoms. The van der Waals surface area contributed by atoms with E-state index in [-0.39, 0.29) is 5.91 Å². The van der Waals surface area contributed by atoms with Crippen LogP contribution in [-0.2, 0) is 24.3 Å². The molecule has 0 aromatic heterocycles. The van der Waals surface area contributed by atoms with Crippen LogP contribution in [0.5, 0.6) is 5.75 Å². The second-order valence-electron chi connectivity index (χ2n) is 7.31. The fourth-order valence-corrected chi connectivity index (χ4v) is 4.00. The minimum atomic E-state index is -0.621. The molecule has 1 heterocycles. The van der Waals surface area contributed by atoms with Gasteiger partial charge in [0, 0.05) is 18.1 Å². The van der Waals surface area contributed by atoms with Crippen LogP contribution in [0.4, 0.5) is 0 Å². The van der Waals surface area contributed by atoms with E-state index in [1.807, 2.05) is 59.5 Å². The molecule has 1 aliphatic rings. The maximum atomic E-state index is 12.8. The largest absolute Gasteiger partial charge is 0.497 e. The lowest BCUT2D eigenvalue weighted by Crippen LogP contribution is -2.42. The third kappa shape index (κ3) is 4.14. The molecule has 148 valence electrons.